The van der Waals surface area contributed by atoms with E-state index in [0.717, 1.165) is 11.1 Å². The average Bonchev–Trinajstić information content (AvgIpc) is 2.39. The molecule has 2 nitrogen and oxygen atoms in total. The van der Waals surface area contributed by atoms with Crippen LogP contribution < -0.4 is 0 Å². The van der Waals surface area contributed by atoms with Crippen molar-refractivity contribution in [2.45, 2.75) is 13.8 Å². The molecule has 0 aliphatic heterocycles. The van der Waals surface area contributed by atoms with Crippen molar-refractivity contribution in [1.29, 1.82) is 0 Å². The Morgan fingerprint density at radius 1 is 1.10 bits per heavy atom. The van der Waals surface area contributed by atoms with Gasteiger partial charge in [0.1, 0.15) is 0 Å². The van der Waals surface area contributed by atoms with Crippen LogP contribution in [0, 0.1) is 13.8 Å². The third-order valence-corrected chi connectivity index (χ3v) is 3.85. The fourth-order valence-corrected chi connectivity index (χ4v) is 2.67. The molecule has 4 heteroatoms. The summed E-state index contributed by atoms with van der Waals surface area (Å²) in [5.41, 5.74) is 3.31. The lowest BCUT2D eigenvalue weighted by Gasteiger charge is -2.09. The molecule has 2 rings (SSSR count). The highest BCUT2D eigenvalue weighted by atomic mass is 35.5. The van der Waals surface area contributed by atoms with E-state index in [1.165, 1.54) is 6.08 Å². The molecule has 2 aromatic rings. The number of carboxylic acids is 1. The molecule has 0 amide bonds. The van der Waals surface area contributed by atoms with Crippen molar-refractivity contribution in [2.24, 2.45) is 0 Å². The first kappa shape index (κ1) is 15.6. The molecule has 0 aromatic heterocycles. The van der Waals surface area contributed by atoms with Crippen molar-refractivity contribution < 1.29 is 9.90 Å². The largest absolute Gasteiger partial charge is 0.478 e. The van der Waals surface area contributed by atoms with E-state index in [4.69, 9.17) is 23.2 Å². The summed E-state index contributed by atoms with van der Waals surface area (Å²) >= 11 is 12.2. The molecule has 0 aliphatic carbocycles. The smallest absolute Gasteiger partial charge is 0.336 e. The van der Waals surface area contributed by atoms with Crippen LogP contribution in [0.2, 0.25) is 10.0 Å². The summed E-state index contributed by atoms with van der Waals surface area (Å²) in [4.78, 5) is 11.6. The topological polar surface area (TPSA) is 37.3 Å². The number of aryl methyl sites for hydroxylation is 2. The number of halogens is 2. The minimum absolute atomic E-state index is 0.169. The van der Waals surface area contributed by atoms with Gasteiger partial charge in [-0.1, -0.05) is 53.0 Å². The number of carbonyl (C=O) groups is 1. The van der Waals surface area contributed by atoms with Gasteiger partial charge in [-0.2, -0.15) is 0 Å². The van der Waals surface area contributed by atoms with E-state index in [1.807, 2.05) is 26.0 Å². The summed E-state index contributed by atoms with van der Waals surface area (Å²) in [7, 11) is 0. The molecular formula is C17H14Cl2O2. The number of hydrogen-bond donors (Lipinski definition) is 1. The molecule has 0 atom stereocenters. The average molecular weight is 321 g/mol. The molecule has 0 saturated heterocycles. The maximum atomic E-state index is 11.6. The summed E-state index contributed by atoms with van der Waals surface area (Å²) in [6.45, 7) is 3.85. The van der Waals surface area contributed by atoms with Gasteiger partial charge in [0.25, 0.3) is 0 Å². The number of benzene rings is 2. The van der Waals surface area contributed by atoms with Crippen molar-refractivity contribution in [3.8, 4) is 0 Å². The zero-order chi connectivity index (χ0) is 15.6. The SMILES string of the molecule is Cc1ccc(/C(=C/c2c(Cl)cccc2Cl)C(=O)O)c(C)c1. The molecule has 21 heavy (non-hydrogen) atoms. The minimum atomic E-state index is -1.02. The van der Waals surface area contributed by atoms with Crippen LogP contribution in [0.25, 0.3) is 11.6 Å². The van der Waals surface area contributed by atoms with Gasteiger partial charge < -0.3 is 5.11 Å². The van der Waals surface area contributed by atoms with Crippen LogP contribution in [0.4, 0.5) is 0 Å². The van der Waals surface area contributed by atoms with Crippen LogP contribution in [0.3, 0.4) is 0 Å². The first-order chi connectivity index (χ1) is 9.90. The molecule has 108 valence electrons. The fourth-order valence-electron chi connectivity index (χ4n) is 2.16. The van der Waals surface area contributed by atoms with E-state index < -0.39 is 5.97 Å². The Morgan fingerprint density at radius 3 is 2.24 bits per heavy atom. The first-order valence-electron chi connectivity index (χ1n) is 6.37. The minimum Gasteiger partial charge on any atom is -0.478 e. The van der Waals surface area contributed by atoms with Gasteiger partial charge in [0.2, 0.25) is 0 Å². The predicted octanol–water partition coefficient (Wildman–Crippen LogP) is 5.24. The Hall–Kier alpha value is -1.77. The van der Waals surface area contributed by atoms with Gasteiger partial charge in [0.15, 0.2) is 0 Å². The molecule has 2 aromatic carbocycles. The molecule has 0 fully saturated rings. The molecule has 1 N–H and O–H groups in total. The van der Waals surface area contributed by atoms with Crippen molar-refractivity contribution in [3.05, 3.63) is 68.7 Å². The molecule has 0 heterocycles. The highest BCUT2D eigenvalue weighted by Crippen LogP contribution is 2.30. The van der Waals surface area contributed by atoms with E-state index in [9.17, 15) is 9.90 Å². The first-order valence-corrected chi connectivity index (χ1v) is 7.12. The highest BCUT2D eigenvalue weighted by molar-refractivity contribution is 6.38. The number of aliphatic carboxylic acids is 1. The zero-order valence-electron chi connectivity index (χ0n) is 11.7. The highest BCUT2D eigenvalue weighted by Gasteiger charge is 2.15. The van der Waals surface area contributed by atoms with Gasteiger partial charge in [-0.15, -0.1) is 0 Å². The van der Waals surface area contributed by atoms with Gasteiger partial charge in [-0.25, -0.2) is 4.79 Å². The third kappa shape index (κ3) is 3.46. The standard InChI is InChI=1S/C17H14Cl2O2/c1-10-6-7-12(11(2)8-10)13(17(20)21)9-14-15(18)4-3-5-16(14)19/h3-9H,1-2H3,(H,20,21)/b13-9-. The lowest BCUT2D eigenvalue weighted by Crippen LogP contribution is -2.02. The van der Waals surface area contributed by atoms with Crippen LogP contribution in [0.1, 0.15) is 22.3 Å². The maximum absolute atomic E-state index is 11.6. The number of rotatable bonds is 3. The van der Waals surface area contributed by atoms with Crippen molar-refractivity contribution in [1.82, 2.24) is 0 Å². The Morgan fingerprint density at radius 2 is 1.71 bits per heavy atom. The van der Waals surface area contributed by atoms with E-state index in [0.29, 0.717) is 21.2 Å². The second kappa shape index (κ2) is 6.33. The lowest BCUT2D eigenvalue weighted by atomic mass is 9.97. The monoisotopic (exact) mass is 320 g/mol. The van der Waals surface area contributed by atoms with E-state index in [1.54, 1.807) is 24.3 Å². The maximum Gasteiger partial charge on any atom is 0.336 e. The Labute approximate surface area is 133 Å². The molecule has 0 bridgehead atoms. The number of hydrogen-bond acceptors (Lipinski definition) is 1. The molecule has 0 saturated carbocycles. The fraction of sp³-hybridized carbons (Fsp3) is 0.118. The summed E-state index contributed by atoms with van der Waals surface area (Å²) in [5, 5.41) is 10.4. The predicted molar refractivity (Wildman–Crippen MR) is 87.9 cm³/mol. The van der Waals surface area contributed by atoms with E-state index in [-0.39, 0.29) is 5.57 Å². The molecule has 0 unspecified atom stereocenters. The molecule has 0 spiro atoms. The Balaban J connectivity index is 2.64. The summed E-state index contributed by atoms with van der Waals surface area (Å²) in [6, 6.07) is 10.7. The second-order valence-corrected chi connectivity index (χ2v) is 5.63. The normalized spacial score (nSPS) is 11.5. The van der Waals surface area contributed by atoms with Crippen LogP contribution >= 0.6 is 23.2 Å². The van der Waals surface area contributed by atoms with Crippen LogP contribution in [0.15, 0.2) is 36.4 Å². The van der Waals surface area contributed by atoms with Gasteiger partial charge in [-0.05, 0) is 43.2 Å². The van der Waals surface area contributed by atoms with Gasteiger partial charge >= 0.3 is 5.97 Å². The Bertz CT molecular complexity index is 713. The van der Waals surface area contributed by atoms with Gasteiger partial charge in [0, 0.05) is 15.6 Å². The van der Waals surface area contributed by atoms with Crippen molar-refractivity contribution in [2.75, 3.05) is 0 Å². The molecule has 0 aliphatic rings. The molecular weight excluding hydrogens is 307 g/mol. The van der Waals surface area contributed by atoms with Crippen molar-refractivity contribution in [3.63, 3.8) is 0 Å². The van der Waals surface area contributed by atoms with Crippen LogP contribution in [0.5, 0.6) is 0 Å². The van der Waals surface area contributed by atoms with Crippen LogP contribution in [-0.4, -0.2) is 11.1 Å². The van der Waals surface area contributed by atoms with E-state index in [2.05, 4.69) is 0 Å². The van der Waals surface area contributed by atoms with Crippen LogP contribution in [-0.2, 0) is 4.79 Å². The Kier molecular flexibility index (Phi) is 4.71. The third-order valence-electron chi connectivity index (χ3n) is 3.19. The summed E-state index contributed by atoms with van der Waals surface area (Å²) in [6.07, 6.45) is 1.52. The second-order valence-electron chi connectivity index (χ2n) is 4.82. The van der Waals surface area contributed by atoms with Gasteiger partial charge in [-0.3, -0.25) is 0 Å². The zero-order valence-corrected chi connectivity index (χ0v) is 13.2. The summed E-state index contributed by atoms with van der Waals surface area (Å²) in [5.74, 6) is -1.02. The van der Waals surface area contributed by atoms with E-state index >= 15 is 0 Å². The summed E-state index contributed by atoms with van der Waals surface area (Å²) < 4.78 is 0. The molecule has 0 radical (unpaired) electrons. The van der Waals surface area contributed by atoms with Crippen molar-refractivity contribution >= 4 is 40.8 Å². The number of carboxylic acid groups (broad SMARTS) is 1. The quantitative estimate of drug-likeness (QED) is 0.620. The van der Waals surface area contributed by atoms with Gasteiger partial charge in [0.05, 0.1) is 5.57 Å². The lowest BCUT2D eigenvalue weighted by molar-refractivity contribution is -0.130.